The van der Waals surface area contributed by atoms with E-state index < -0.39 is 14.9 Å². The number of nitrogens with zero attached hydrogens (tertiary/aromatic N) is 4. The third-order valence-corrected chi connectivity index (χ3v) is 7.73. The van der Waals surface area contributed by atoms with Gasteiger partial charge >= 0.3 is 0 Å². The molecule has 0 unspecified atom stereocenters. The van der Waals surface area contributed by atoms with Gasteiger partial charge in [-0.25, -0.2) is 23.5 Å². The van der Waals surface area contributed by atoms with Crippen molar-refractivity contribution in [2.75, 3.05) is 11.1 Å². The van der Waals surface area contributed by atoms with Crippen LogP contribution >= 0.6 is 23.1 Å². The van der Waals surface area contributed by atoms with E-state index in [4.69, 9.17) is 5.14 Å². The normalized spacial score (nSPS) is 11.8. The van der Waals surface area contributed by atoms with Gasteiger partial charge in [0, 0.05) is 18.7 Å². The molecule has 0 aliphatic rings. The van der Waals surface area contributed by atoms with Crippen LogP contribution in [0.3, 0.4) is 0 Å². The first-order chi connectivity index (χ1) is 16.2. The predicted octanol–water partition coefficient (Wildman–Crippen LogP) is 3.73. The fourth-order valence-corrected chi connectivity index (χ4v) is 5.56. The monoisotopic (exact) mass is 520 g/mol. The minimum Gasteiger partial charge on any atom is -0.319 e. The fraction of sp³-hybridized carbons (Fsp3) is 0.250. The van der Waals surface area contributed by atoms with Crippen LogP contribution < -0.4 is 10.5 Å². The fourth-order valence-electron chi connectivity index (χ4n) is 3.27. The Morgan fingerprint density at radius 1 is 1.24 bits per heavy atom. The maximum absolute atomic E-state index is 12.6. The molecule has 2 aromatic carbocycles. The Morgan fingerprint density at radius 2 is 2.03 bits per heavy atom. The van der Waals surface area contributed by atoms with Crippen LogP contribution in [0.5, 0.6) is 0 Å². The van der Waals surface area contributed by atoms with Gasteiger partial charge in [-0.05, 0) is 30.7 Å². The number of nitro benzene ring substituents is 1. The molecule has 4 aromatic rings. The highest BCUT2D eigenvalue weighted by Gasteiger charge is 2.17. The molecule has 0 atom stereocenters. The predicted molar refractivity (Wildman–Crippen MR) is 132 cm³/mol. The number of thiazole rings is 1. The molecular weight excluding hydrogens is 500 g/mol. The summed E-state index contributed by atoms with van der Waals surface area (Å²) in [5, 5.41) is 19.8. The van der Waals surface area contributed by atoms with Gasteiger partial charge in [-0.1, -0.05) is 36.4 Å². The number of rotatable bonds is 9. The number of hydrogen-bond donors (Lipinski definition) is 2. The van der Waals surface area contributed by atoms with Crippen LogP contribution in [0.2, 0.25) is 0 Å². The molecule has 2 heterocycles. The van der Waals surface area contributed by atoms with Crippen molar-refractivity contribution in [1.82, 2.24) is 14.5 Å². The number of aryl methyl sites for hydroxylation is 1. The summed E-state index contributed by atoms with van der Waals surface area (Å²) in [7, 11) is -3.86. The molecule has 0 aliphatic heterocycles. The van der Waals surface area contributed by atoms with Crippen LogP contribution in [0.4, 0.5) is 10.8 Å². The molecule has 0 fully saturated rings. The zero-order valence-electron chi connectivity index (χ0n) is 17.9. The van der Waals surface area contributed by atoms with Gasteiger partial charge in [0.2, 0.25) is 15.9 Å². The number of carbonyl (C=O) groups excluding carboxylic acids is 1. The van der Waals surface area contributed by atoms with E-state index in [0.29, 0.717) is 32.6 Å². The van der Waals surface area contributed by atoms with Gasteiger partial charge < -0.3 is 9.88 Å². The molecule has 34 heavy (non-hydrogen) atoms. The number of hydrogen-bond acceptors (Lipinski definition) is 9. The second kappa shape index (κ2) is 9.66. The summed E-state index contributed by atoms with van der Waals surface area (Å²) in [6.07, 6.45) is 1.84. The Kier molecular flexibility index (Phi) is 6.84. The Balaban J connectivity index is 1.52. The molecule has 2 aromatic heterocycles. The zero-order chi connectivity index (χ0) is 24.5. The minimum atomic E-state index is -3.86. The van der Waals surface area contributed by atoms with Crippen molar-refractivity contribution in [2.45, 2.75) is 36.4 Å². The van der Waals surface area contributed by atoms with Crippen molar-refractivity contribution < 1.29 is 18.1 Å². The van der Waals surface area contributed by atoms with E-state index in [9.17, 15) is 23.3 Å². The lowest BCUT2D eigenvalue weighted by Crippen LogP contribution is -2.14. The van der Waals surface area contributed by atoms with Gasteiger partial charge in [0.25, 0.3) is 5.69 Å². The maximum atomic E-state index is 12.6. The lowest BCUT2D eigenvalue weighted by Gasteiger charge is -2.08. The second-order valence-electron chi connectivity index (χ2n) is 7.36. The van der Waals surface area contributed by atoms with Gasteiger partial charge in [-0.15, -0.1) is 0 Å². The quantitative estimate of drug-likeness (QED) is 0.191. The van der Waals surface area contributed by atoms with E-state index in [1.54, 1.807) is 12.1 Å². The largest absolute Gasteiger partial charge is 0.319 e. The van der Waals surface area contributed by atoms with E-state index >= 15 is 0 Å². The highest BCUT2D eigenvalue weighted by molar-refractivity contribution is 7.99. The summed E-state index contributed by atoms with van der Waals surface area (Å²) < 4.78 is 25.9. The van der Waals surface area contributed by atoms with Gasteiger partial charge in [-0.2, -0.15) is 0 Å². The highest BCUT2D eigenvalue weighted by Crippen LogP contribution is 2.30. The number of amides is 1. The number of nitrogens with one attached hydrogen (secondary N) is 1. The standard InChI is InChI=1S/C20H20N6O5S3/c1-2-3-8-25-16-7-5-13(34(21,30)31)10-15(16)23-20(25)32-11-18(27)24-19-22-14-6-4-12(26(28)29)9-17(14)33-19/h4-7,9-10H,2-3,8,11H2,1H3,(H2,21,30,31)(H,22,24,27). The number of nitrogens with two attached hydrogens (primary N) is 1. The molecule has 1 amide bonds. The van der Waals surface area contributed by atoms with Crippen molar-refractivity contribution in [3.63, 3.8) is 0 Å². The molecular formula is C20H20N6O5S3. The van der Waals surface area contributed by atoms with E-state index in [1.165, 1.54) is 36.0 Å². The number of sulfonamides is 1. The van der Waals surface area contributed by atoms with Crippen LogP contribution in [0.25, 0.3) is 21.3 Å². The molecule has 0 bridgehead atoms. The molecule has 0 spiro atoms. The van der Waals surface area contributed by atoms with E-state index in [2.05, 4.69) is 22.2 Å². The maximum Gasteiger partial charge on any atom is 0.270 e. The van der Waals surface area contributed by atoms with Gasteiger partial charge in [-0.3, -0.25) is 14.9 Å². The number of carbonyl (C=O) groups is 1. The molecule has 0 aliphatic carbocycles. The van der Waals surface area contributed by atoms with E-state index in [0.717, 1.165) is 29.7 Å². The summed E-state index contributed by atoms with van der Waals surface area (Å²) in [5.41, 5.74) is 1.77. The Hall–Kier alpha value is -3.07. The molecule has 4 rings (SSSR count). The molecule has 0 radical (unpaired) electrons. The minimum absolute atomic E-state index is 0.0227. The summed E-state index contributed by atoms with van der Waals surface area (Å²) >= 11 is 2.38. The number of non-ortho nitro benzene ring substituents is 1. The van der Waals surface area contributed by atoms with Crippen molar-refractivity contribution in [1.29, 1.82) is 0 Å². The van der Waals surface area contributed by atoms with Crippen molar-refractivity contribution in [3.8, 4) is 0 Å². The van der Waals surface area contributed by atoms with Crippen LogP contribution in [0.1, 0.15) is 19.8 Å². The lowest BCUT2D eigenvalue weighted by atomic mass is 10.3. The van der Waals surface area contributed by atoms with Crippen LogP contribution in [0, 0.1) is 10.1 Å². The number of aromatic nitrogens is 3. The molecule has 14 heteroatoms. The van der Waals surface area contributed by atoms with E-state index in [-0.39, 0.29) is 22.2 Å². The lowest BCUT2D eigenvalue weighted by molar-refractivity contribution is -0.384. The molecule has 3 N–H and O–H groups in total. The first kappa shape index (κ1) is 24.1. The molecule has 11 nitrogen and oxygen atoms in total. The SMILES string of the molecule is CCCCn1c(SCC(=O)Nc2nc3ccc([N+](=O)[O-])cc3s2)nc2cc(S(N)(=O)=O)ccc21. The number of anilines is 1. The Bertz CT molecular complexity index is 1510. The van der Waals surface area contributed by atoms with Crippen LogP contribution in [0.15, 0.2) is 46.5 Å². The number of benzene rings is 2. The van der Waals surface area contributed by atoms with Crippen molar-refractivity contribution >= 4 is 71.1 Å². The van der Waals surface area contributed by atoms with Gasteiger partial charge in [0.1, 0.15) is 0 Å². The summed E-state index contributed by atoms with van der Waals surface area (Å²) in [6.45, 7) is 2.73. The third kappa shape index (κ3) is 5.19. The Morgan fingerprint density at radius 3 is 2.74 bits per heavy atom. The number of nitro groups is 1. The first-order valence-corrected chi connectivity index (χ1v) is 13.5. The number of thioether (sulfide) groups is 1. The summed E-state index contributed by atoms with van der Waals surface area (Å²) in [4.78, 5) is 31.8. The van der Waals surface area contributed by atoms with Gasteiger partial charge in [0.15, 0.2) is 10.3 Å². The molecule has 0 saturated carbocycles. The zero-order valence-corrected chi connectivity index (χ0v) is 20.4. The van der Waals surface area contributed by atoms with Crippen molar-refractivity contribution in [2.24, 2.45) is 5.14 Å². The van der Waals surface area contributed by atoms with Crippen molar-refractivity contribution in [3.05, 3.63) is 46.5 Å². The number of fused-ring (bicyclic) bond motifs is 2. The highest BCUT2D eigenvalue weighted by atomic mass is 32.2. The van der Waals surface area contributed by atoms with Crippen LogP contribution in [-0.2, 0) is 21.4 Å². The second-order valence-corrected chi connectivity index (χ2v) is 10.9. The third-order valence-electron chi connectivity index (χ3n) is 4.91. The number of primary sulfonamides is 1. The number of unbranched alkanes of at least 4 members (excludes halogenated alkanes) is 1. The topological polar surface area (TPSA) is 163 Å². The summed E-state index contributed by atoms with van der Waals surface area (Å²) in [5.74, 6) is -0.258. The van der Waals surface area contributed by atoms with Crippen LogP contribution in [-0.4, -0.2) is 39.5 Å². The smallest absolute Gasteiger partial charge is 0.270 e. The molecule has 178 valence electrons. The average molecular weight is 521 g/mol. The Labute approximate surface area is 202 Å². The summed E-state index contributed by atoms with van der Waals surface area (Å²) in [6, 6.07) is 8.87. The average Bonchev–Trinajstić information content (AvgIpc) is 3.34. The number of imidazole rings is 1. The first-order valence-electron chi connectivity index (χ1n) is 10.2. The van der Waals surface area contributed by atoms with Gasteiger partial charge in [0.05, 0.1) is 36.8 Å². The van der Waals surface area contributed by atoms with E-state index in [1.807, 2.05) is 4.57 Å². The molecule has 0 saturated heterocycles.